The normalized spacial score (nSPS) is 10.6. The molecule has 0 saturated heterocycles. The van der Waals surface area contributed by atoms with E-state index in [9.17, 15) is 9.59 Å². The Bertz CT molecular complexity index is 1040. The fourth-order valence-electron chi connectivity index (χ4n) is 3.38. The molecule has 0 aliphatic carbocycles. The Morgan fingerprint density at radius 2 is 1.77 bits per heavy atom. The van der Waals surface area contributed by atoms with Gasteiger partial charge in [-0.3, -0.25) is 9.59 Å². The number of carbonyl (C=O) groups excluding carboxylic acids is 2. The third-order valence-electron chi connectivity index (χ3n) is 5.28. The first-order chi connectivity index (χ1) is 14.4. The molecule has 1 heterocycles. The Morgan fingerprint density at radius 3 is 2.37 bits per heavy atom. The van der Waals surface area contributed by atoms with Gasteiger partial charge < -0.3 is 10.6 Å². The second kappa shape index (κ2) is 9.35. The van der Waals surface area contributed by atoms with Gasteiger partial charge in [0.25, 0.3) is 0 Å². The van der Waals surface area contributed by atoms with Gasteiger partial charge in [0.05, 0.1) is 0 Å². The van der Waals surface area contributed by atoms with Gasteiger partial charge in [0.15, 0.2) is 5.78 Å². The summed E-state index contributed by atoms with van der Waals surface area (Å²) >= 11 is 0. The Hall–Kier alpha value is -3.47. The molecule has 2 aromatic carbocycles. The van der Waals surface area contributed by atoms with Crippen LogP contribution in [0.4, 0.5) is 11.5 Å². The van der Waals surface area contributed by atoms with E-state index < -0.39 is 0 Å². The second-order valence-corrected chi connectivity index (χ2v) is 7.40. The molecule has 0 bridgehead atoms. The number of hydrogen-bond donors (Lipinski definition) is 1. The van der Waals surface area contributed by atoms with Crippen LogP contribution >= 0.6 is 0 Å². The first kappa shape index (κ1) is 21.2. The monoisotopic (exact) mass is 401 g/mol. The molecule has 0 saturated carbocycles. The van der Waals surface area contributed by atoms with Crippen molar-refractivity contribution in [2.24, 2.45) is 0 Å². The first-order valence-electron chi connectivity index (χ1n) is 10.1. The van der Waals surface area contributed by atoms with E-state index in [1.165, 1.54) is 0 Å². The number of pyridine rings is 1. The number of nitrogens with two attached hydrogens (primary N) is 1. The predicted molar refractivity (Wildman–Crippen MR) is 122 cm³/mol. The lowest BCUT2D eigenvalue weighted by molar-refractivity contribution is -0.118. The standard InChI is InChI=1S/C25H27N3O2/c1-4-25(30)28(3)21-11-12-22(17(2)15-21)19-7-9-20(10-8-19)23(29)13-5-18-6-14-24(26)27-16-18/h6-12,14-16H,4-5,13H2,1-3H3,(H2,26,27). The molecule has 30 heavy (non-hydrogen) atoms. The van der Waals surface area contributed by atoms with Gasteiger partial charge in [0.2, 0.25) is 5.91 Å². The van der Waals surface area contributed by atoms with Crippen LogP contribution in [-0.4, -0.2) is 23.7 Å². The Balaban J connectivity index is 1.69. The molecule has 0 radical (unpaired) electrons. The van der Waals surface area contributed by atoms with Crippen LogP contribution in [-0.2, 0) is 11.2 Å². The maximum atomic E-state index is 12.5. The number of amides is 1. The van der Waals surface area contributed by atoms with E-state index in [1.807, 2.05) is 62.4 Å². The molecule has 154 valence electrons. The molecular formula is C25H27N3O2. The molecule has 3 aromatic rings. The second-order valence-electron chi connectivity index (χ2n) is 7.40. The number of aryl methyl sites for hydroxylation is 2. The molecule has 1 amide bonds. The summed E-state index contributed by atoms with van der Waals surface area (Å²) in [6, 6.07) is 17.3. The van der Waals surface area contributed by atoms with Crippen LogP contribution in [0.1, 0.15) is 41.3 Å². The number of anilines is 2. The van der Waals surface area contributed by atoms with Gasteiger partial charge in [-0.15, -0.1) is 0 Å². The lowest BCUT2D eigenvalue weighted by Crippen LogP contribution is -2.25. The van der Waals surface area contributed by atoms with Crippen LogP contribution in [0, 0.1) is 6.92 Å². The number of carbonyl (C=O) groups is 2. The SMILES string of the molecule is CCC(=O)N(C)c1ccc(-c2ccc(C(=O)CCc3ccc(N)nc3)cc2)c(C)c1. The minimum Gasteiger partial charge on any atom is -0.384 e. The van der Waals surface area contributed by atoms with E-state index in [4.69, 9.17) is 5.73 Å². The molecule has 0 aliphatic heterocycles. The van der Waals surface area contributed by atoms with Gasteiger partial charge in [-0.25, -0.2) is 4.98 Å². The summed E-state index contributed by atoms with van der Waals surface area (Å²) in [7, 11) is 1.79. The highest BCUT2D eigenvalue weighted by Crippen LogP contribution is 2.28. The number of nitrogen functional groups attached to an aromatic ring is 1. The summed E-state index contributed by atoms with van der Waals surface area (Å²) in [5.74, 6) is 0.664. The van der Waals surface area contributed by atoms with Crippen LogP contribution < -0.4 is 10.6 Å². The zero-order valence-corrected chi connectivity index (χ0v) is 17.7. The molecule has 2 N–H and O–H groups in total. The highest BCUT2D eigenvalue weighted by molar-refractivity contribution is 5.97. The van der Waals surface area contributed by atoms with E-state index in [0.717, 1.165) is 27.9 Å². The van der Waals surface area contributed by atoms with E-state index in [0.29, 0.717) is 30.6 Å². The number of nitrogens with zero attached hydrogens (tertiary/aromatic N) is 2. The molecule has 0 unspecified atom stereocenters. The van der Waals surface area contributed by atoms with Crippen molar-refractivity contribution >= 4 is 23.2 Å². The molecule has 3 rings (SSSR count). The minimum atomic E-state index is 0.0831. The molecule has 0 atom stereocenters. The minimum absolute atomic E-state index is 0.0831. The number of hydrogen-bond acceptors (Lipinski definition) is 4. The lowest BCUT2D eigenvalue weighted by Gasteiger charge is -2.18. The number of Topliss-reactive ketones (excluding diaryl/α,β-unsaturated/α-hetero) is 1. The fraction of sp³-hybridized carbons (Fsp3) is 0.240. The number of rotatable bonds is 7. The first-order valence-corrected chi connectivity index (χ1v) is 10.1. The van der Waals surface area contributed by atoms with Crippen molar-refractivity contribution in [2.45, 2.75) is 33.1 Å². The van der Waals surface area contributed by atoms with Gasteiger partial charge in [-0.05, 0) is 53.8 Å². The number of aromatic nitrogens is 1. The van der Waals surface area contributed by atoms with Crippen LogP contribution in [0.5, 0.6) is 0 Å². The summed E-state index contributed by atoms with van der Waals surface area (Å²) in [6.07, 6.45) is 3.25. The third kappa shape index (κ3) is 4.92. The van der Waals surface area contributed by atoms with Gasteiger partial charge in [-0.2, -0.15) is 0 Å². The maximum Gasteiger partial charge on any atom is 0.226 e. The van der Waals surface area contributed by atoms with Gasteiger partial charge in [0, 0.05) is 37.3 Å². The number of benzene rings is 2. The van der Waals surface area contributed by atoms with Crippen molar-refractivity contribution in [1.29, 1.82) is 0 Å². The van der Waals surface area contributed by atoms with Crippen molar-refractivity contribution in [3.8, 4) is 11.1 Å². The topological polar surface area (TPSA) is 76.3 Å². The van der Waals surface area contributed by atoms with Crippen molar-refractivity contribution in [3.05, 3.63) is 77.5 Å². The Labute approximate surface area is 177 Å². The molecule has 0 fully saturated rings. The highest BCUT2D eigenvalue weighted by atomic mass is 16.2. The quantitative estimate of drug-likeness (QED) is 0.576. The average molecular weight is 402 g/mol. The zero-order chi connectivity index (χ0) is 21.7. The van der Waals surface area contributed by atoms with E-state index >= 15 is 0 Å². The van der Waals surface area contributed by atoms with Crippen molar-refractivity contribution < 1.29 is 9.59 Å². The average Bonchev–Trinajstić information content (AvgIpc) is 2.77. The van der Waals surface area contributed by atoms with Crippen LogP contribution in [0.3, 0.4) is 0 Å². The lowest BCUT2D eigenvalue weighted by atomic mass is 9.97. The van der Waals surface area contributed by atoms with Crippen molar-refractivity contribution in [1.82, 2.24) is 4.98 Å². The molecule has 1 aromatic heterocycles. The summed E-state index contributed by atoms with van der Waals surface area (Å²) in [4.78, 5) is 30.2. The molecule has 0 aliphatic rings. The van der Waals surface area contributed by atoms with Crippen LogP contribution in [0.2, 0.25) is 0 Å². The molecular weight excluding hydrogens is 374 g/mol. The molecule has 0 spiro atoms. The Kier molecular flexibility index (Phi) is 6.62. The van der Waals surface area contributed by atoms with Gasteiger partial charge in [-0.1, -0.05) is 43.3 Å². The highest BCUT2D eigenvalue weighted by Gasteiger charge is 2.12. The van der Waals surface area contributed by atoms with E-state index in [1.54, 1.807) is 24.2 Å². The van der Waals surface area contributed by atoms with Crippen LogP contribution in [0.25, 0.3) is 11.1 Å². The summed E-state index contributed by atoms with van der Waals surface area (Å²) < 4.78 is 0. The van der Waals surface area contributed by atoms with Gasteiger partial charge >= 0.3 is 0 Å². The van der Waals surface area contributed by atoms with E-state index in [-0.39, 0.29) is 11.7 Å². The third-order valence-corrected chi connectivity index (χ3v) is 5.28. The van der Waals surface area contributed by atoms with Gasteiger partial charge in [0.1, 0.15) is 5.82 Å². The van der Waals surface area contributed by atoms with Crippen molar-refractivity contribution in [2.75, 3.05) is 17.7 Å². The maximum absolute atomic E-state index is 12.5. The number of ketones is 1. The van der Waals surface area contributed by atoms with Crippen LogP contribution in [0.15, 0.2) is 60.8 Å². The van der Waals surface area contributed by atoms with Crippen molar-refractivity contribution in [3.63, 3.8) is 0 Å². The Morgan fingerprint density at radius 1 is 1.03 bits per heavy atom. The largest absolute Gasteiger partial charge is 0.384 e. The molecule has 5 heteroatoms. The zero-order valence-electron chi connectivity index (χ0n) is 17.7. The predicted octanol–water partition coefficient (Wildman–Crippen LogP) is 4.83. The fourth-order valence-corrected chi connectivity index (χ4v) is 3.38. The summed E-state index contributed by atoms with van der Waals surface area (Å²) in [5, 5.41) is 0. The molecule has 5 nitrogen and oxygen atoms in total. The summed E-state index contributed by atoms with van der Waals surface area (Å²) in [6.45, 7) is 3.89. The summed E-state index contributed by atoms with van der Waals surface area (Å²) in [5.41, 5.74) is 11.4. The smallest absolute Gasteiger partial charge is 0.226 e. The van der Waals surface area contributed by atoms with E-state index in [2.05, 4.69) is 4.98 Å².